The zero-order valence-electron chi connectivity index (χ0n) is 17.7. The summed E-state index contributed by atoms with van der Waals surface area (Å²) in [5.41, 5.74) is 5.82. The number of rotatable bonds is 11. The molecule has 0 radical (unpaired) electrons. The van der Waals surface area contributed by atoms with E-state index in [-0.39, 0.29) is 0 Å². The van der Waals surface area contributed by atoms with Gasteiger partial charge in [-0.3, -0.25) is 0 Å². The van der Waals surface area contributed by atoms with Crippen molar-refractivity contribution in [2.75, 3.05) is 0 Å². The molecule has 0 saturated carbocycles. The maximum atomic E-state index is 5.81. The number of benzene rings is 2. The highest BCUT2D eigenvalue weighted by Crippen LogP contribution is 2.19. The molecule has 0 amide bonds. The van der Waals surface area contributed by atoms with Gasteiger partial charge in [0.1, 0.15) is 6.61 Å². The van der Waals surface area contributed by atoms with Gasteiger partial charge in [-0.05, 0) is 36.0 Å². The van der Waals surface area contributed by atoms with Crippen molar-refractivity contribution in [3.63, 3.8) is 0 Å². The van der Waals surface area contributed by atoms with Gasteiger partial charge in [0, 0.05) is 5.56 Å². The lowest BCUT2D eigenvalue weighted by molar-refractivity contribution is 0.292. The van der Waals surface area contributed by atoms with Crippen LogP contribution in [0.25, 0.3) is 11.3 Å². The van der Waals surface area contributed by atoms with Gasteiger partial charge in [0.2, 0.25) is 5.88 Å². The molecular weight excluding hydrogens is 356 g/mol. The molecule has 0 bridgehead atoms. The topological polar surface area (TPSA) is 35.0 Å². The van der Waals surface area contributed by atoms with Crippen LogP contribution in [0.4, 0.5) is 0 Å². The average Bonchev–Trinajstić information content (AvgIpc) is 2.79. The Morgan fingerprint density at radius 3 is 2.03 bits per heavy atom. The van der Waals surface area contributed by atoms with E-state index in [0.29, 0.717) is 12.5 Å². The molecule has 0 unspecified atom stereocenters. The molecule has 2 aromatic carbocycles. The molecule has 3 rings (SSSR count). The third-order valence-electron chi connectivity index (χ3n) is 5.26. The first kappa shape index (κ1) is 21.0. The fraction of sp³-hybridized carbons (Fsp3) is 0.385. The third-order valence-corrected chi connectivity index (χ3v) is 5.26. The number of ether oxygens (including phenoxy) is 1. The van der Waals surface area contributed by atoms with Gasteiger partial charge in [-0.2, -0.15) is 0 Å². The SMILES string of the molecule is CCCCCCCc1ccc(COc2cnc(-c3ccc(CC)cc3)cn2)cc1. The fourth-order valence-electron chi connectivity index (χ4n) is 3.34. The summed E-state index contributed by atoms with van der Waals surface area (Å²) < 4.78 is 5.81. The predicted molar refractivity (Wildman–Crippen MR) is 120 cm³/mol. The molecular formula is C26H32N2O. The van der Waals surface area contributed by atoms with Crippen molar-refractivity contribution in [3.8, 4) is 17.1 Å². The molecule has 0 aliphatic carbocycles. The van der Waals surface area contributed by atoms with E-state index >= 15 is 0 Å². The number of unbranched alkanes of at least 4 members (excludes halogenated alkanes) is 4. The van der Waals surface area contributed by atoms with Gasteiger partial charge in [-0.15, -0.1) is 0 Å². The van der Waals surface area contributed by atoms with Gasteiger partial charge in [0.05, 0.1) is 18.1 Å². The summed E-state index contributed by atoms with van der Waals surface area (Å²) in [4.78, 5) is 8.91. The van der Waals surface area contributed by atoms with Crippen molar-refractivity contribution in [1.29, 1.82) is 0 Å². The lowest BCUT2D eigenvalue weighted by atomic mass is 10.0. The molecule has 1 aromatic heterocycles. The minimum Gasteiger partial charge on any atom is -0.472 e. The zero-order chi connectivity index (χ0) is 20.3. The largest absolute Gasteiger partial charge is 0.472 e. The molecule has 1 heterocycles. The Bertz CT molecular complexity index is 839. The minimum absolute atomic E-state index is 0.510. The van der Waals surface area contributed by atoms with Crippen molar-refractivity contribution >= 4 is 0 Å². The quantitative estimate of drug-likeness (QED) is 0.339. The number of aryl methyl sites for hydroxylation is 2. The highest BCUT2D eigenvalue weighted by Gasteiger charge is 2.03. The smallest absolute Gasteiger partial charge is 0.232 e. The van der Waals surface area contributed by atoms with Crippen LogP contribution in [-0.4, -0.2) is 9.97 Å². The first-order chi connectivity index (χ1) is 14.3. The van der Waals surface area contributed by atoms with Gasteiger partial charge in [0.15, 0.2) is 0 Å². The van der Waals surface area contributed by atoms with Crippen molar-refractivity contribution < 1.29 is 4.74 Å². The van der Waals surface area contributed by atoms with Crippen molar-refractivity contribution in [1.82, 2.24) is 9.97 Å². The Morgan fingerprint density at radius 1 is 0.690 bits per heavy atom. The molecule has 0 N–H and O–H groups in total. The normalized spacial score (nSPS) is 10.8. The fourth-order valence-corrected chi connectivity index (χ4v) is 3.34. The Morgan fingerprint density at radius 2 is 1.38 bits per heavy atom. The zero-order valence-corrected chi connectivity index (χ0v) is 17.7. The van der Waals surface area contributed by atoms with Crippen LogP contribution in [0.3, 0.4) is 0 Å². The Hall–Kier alpha value is -2.68. The second-order valence-corrected chi connectivity index (χ2v) is 7.56. The molecule has 3 heteroatoms. The monoisotopic (exact) mass is 388 g/mol. The van der Waals surface area contributed by atoms with Crippen molar-refractivity contribution in [2.24, 2.45) is 0 Å². The second kappa shape index (κ2) is 11.4. The molecule has 0 fully saturated rings. The van der Waals surface area contributed by atoms with Crippen molar-refractivity contribution in [2.45, 2.75) is 65.4 Å². The van der Waals surface area contributed by atoms with Crippen LogP contribution in [0.2, 0.25) is 0 Å². The van der Waals surface area contributed by atoms with Crippen LogP contribution in [0, 0.1) is 0 Å². The van der Waals surface area contributed by atoms with Gasteiger partial charge >= 0.3 is 0 Å². The summed E-state index contributed by atoms with van der Waals surface area (Å²) in [6, 6.07) is 17.2. The van der Waals surface area contributed by atoms with E-state index in [1.807, 2.05) is 0 Å². The minimum atomic E-state index is 0.510. The molecule has 3 aromatic rings. The molecule has 0 saturated heterocycles. The summed E-state index contributed by atoms with van der Waals surface area (Å²) in [6.45, 7) is 4.92. The van der Waals surface area contributed by atoms with Crippen LogP contribution < -0.4 is 4.74 Å². The van der Waals surface area contributed by atoms with E-state index in [9.17, 15) is 0 Å². The Labute approximate surface area is 175 Å². The lowest BCUT2D eigenvalue weighted by Crippen LogP contribution is -1.98. The average molecular weight is 389 g/mol. The predicted octanol–water partition coefficient (Wildman–Crippen LogP) is 6.80. The number of aromatic nitrogens is 2. The van der Waals surface area contributed by atoms with Crippen LogP contribution in [0.1, 0.15) is 62.6 Å². The second-order valence-electron chi connectivity index (χ2n) is 7.56. The van der Waals surface area contributed by atoms with E-state index in [1.165, 1.54) is 43.2 Å². The Balaban J connectivity index is 1.47. The van der Waals surface area contributed by atoms with Crippen LogP contribution in [0.15, 0.2) is 60.9 Å². The Kier molecular flexibility index (Phi) is 8.24. The van der Waals surface area contributed by atoms with E-state index in [0.717, 1.165) is 29.7 Å². The maximum Gasteiger partial charge on any atom is 0.232 e. The highest BCUT2D eigenvalue weighted by molar-refractivity contribution is 5.58. The standard InChI is InChI=1S/C26H32N2O/c1-3-5-6-7-8-9-22-10-12-23(13-11-22)20-29-26-19-27-25(18-28-26)24-16-14-21(4-2)15-17-24/h10-19H,3-9,20H2,1-2H3. The number of nitrogens with zero attached hydrogens (tertiary/aromatic N) is 2. The molecule has 0 atom stereocenters. The maximum absolute atomic E-state index is 5.81. The number of hydrogen-bond acceptors (Lipinski definition) is 3. The van der Waals surface area contributed by atoms with Crippen LogP contribution >= 0.6 is 0 Å². The first-order valence-corrected chi connectivity index (χ1v) is 10.9. The molecule has 0 spiro atoms. The van der Waals surface area contributed by atoms with Gasteiger partial charge < -0.3 is 4.74 Å². The summed E-state index contributed by atoms with van der Waals surface area (Å²) >= 11 is 0. The van der Waals surface area contributed by atoms with Gasteiger partial charge in [-0.1, -0.05) is 88.1 Å². The third kappa shape index (κ3) is 6.70. The molecule has 0 aliphatic heterocycles. The summed E-state index contributed by atoms with van der Waals surface area (Å²) in [7, 11) is 0. The van der Waals surface area contributed by atoms with E-state index in [4.69, 9.17) is 4.74 Å². The van der Waals surface area contributed by atoms with Crippen LogP contribution in [0.5, 0.6) is 5.88 Å². The van der Waals surface area contributed by atoms with Gasteiger partial charge in [-0.25, -0.2) is 9.97 Å². The summed E-state index contributed by atoms with van der Waals surface area (Å²) in [5.74, 6) is 0.555. The number of hydrogen-bond donors (Lipinski definition) is 0. The lowest BCUT2D eigenvalue weighted by Gasteiger charge is -2.07. The molecule has 29 heavy (non-hydrogen) atoms. The summed E-state index contributed by atoms with van der Waals surface area (Å²) in [5, 5.41) is 0. The molecule has 152 valence electrons. The van der Waals surface area contributed by atoms with Crippen molar-refractivity contribution in [3.05, 3.63) is 77.6 Å². The van der Waals surface area contributed by atoms with E-state index < -0.39 is 0 Å². The van der Waals surface area contributed by atoms with E-state index in [1.54, 1.807) is 12.4 Å². The highest BCUT2D eigenvalue weighted by atomic mass is 16.5. The van der Waals surface area contributed by atoms with Gasteiger partial charge in [0.25, 0.3) is 0 Å². The first-order valence-electron chi connectivity index (χ1n) is 10.9. The van der Waals surface area contributed by atoms with Crippen LogP contribution in [-0.2, 0) is 19.4 Å². The molecule has 3 nitrogen and oxygen atoms in total. The molecule has 0 aliphatic rings. The van der Waals surface area contributed by atoms with E-state index in [2.05, 4.69) is 72.3 Å². The summed E-state index contributed by atoms with van der Waals surface area (Å²) in [6.07, 6.45) is 12.3.